The predicted octanol–water partition coefficient (Wildman–Crippen LogP) is 4.17. The van der Waals surface area contributed by atoms with Gasteiger partial charge in [-0.1, -0.05) is 31.7 Å². The normalized spacial score (nSPS) is 14.7. The second kappa shape index (κ2) is 9.35. The van der Waals surface area contributed by atoms with Crippen LogP contribution in [0, 0.1) is 0 Å². The Labute approximate surface area is 128 Å². The molecular formula is C18H27FN2. The first-order chi connectivity index (χ1) is 10.1. The van der Waals surface area contributed by atoms with Crippen LogP contribution in [0.1, 0.15) is 32.6 Å². The average Bonchev–Trinajstić information content (AvgIpc) is 2.66. The van der Waals surface area contributed by atoms with Gasteiger partial charge in [0.15, 0.2) is 0 Å². The Bertz CT molecular complexity index is 470. The highest BCUT2D eigenvalue weighted by atomic mass is 19.1. The molecule has 116 valence electrons. The zero-order valence-electron chi connectivity index (χ0n) is 13.3. The molecule has 0 aromatic rings. The van der Waals surface area contributed by atoms with Crippen molar-refractivity contribution in [3.63, 3.8) is 0 Å². The summed E-state index contributed by atoms with van der Waals surface area (Å²) in [5.74, 6) is -0.169. The van der Waals surface area contributed by atoms with Crippen molar-refractivity contribution < 1.29 is 4.39 Å². The van der Waals surface area contributed by atoms with Gasteiger partial charge in [0.2, 0.25) is 0 Å². The van der Waals surface area contributed by atoms with E-state index in [1.165, 1.54) is 11.1 Å². The third-order valence-electron chi connectivity index (χ3n) is 3.63. The Morgan fingerprint density at radius 1 is 1.29 bits per heavy atom. The molecule has 0 aromatic heterocycles. The standard InChI is InChI=1S/C18H27FN2/c1-5-14(2)18-11-10-17(19)9-8-16(18)7-6-15(3)21-13-12-20-4/h8-10,20-21H,2-3,5-7,11-13H2,1,4H3. The van der Waals surface area contributed by atoms with Gasteiger partial charge in [0, 0.05) is 18.8 Å². The number of likely N-dealkylation sites (N-methyl/N-ethyl adjacent to an activating group) is 1. The Kier molecular flexibility index (Phi) is 7.76. The minimum Gasteiger partial charge on any atom is -0.388 e. The van der Waals surface area contributed by atoms with Gasteiger partial charge in [0.1, 0.15) is 5.83 Å². The van der Waals surface area contributed by atoms with E-state index in [0.717, 1.165) is 43.6 Å². The second-order valence-corrected chi connectivity index (χ2v) is 5.22. The molecule has 0 bridgehead atoms. The molecule has 0 saturated carbocycles. The second-order valence-electron chi connectivity index (χ2n) is 5.22. The number of hydrogen-bond acceptors (Lipinski definition) is 2. The number of nitrogens with one attached hydrogen (secondary N) is 2. The minimum absolute atomic E-state index is 0.169. The summed E-state index contributed by atoms with van der Waals surface area (Å²) in [5.41, 5.74) is 4.45. The van der Waals surface area contributed by atoms with Crippen LogP contribution in [0.3, 0.4) is 0 Å². The molecule has 1 aliphatic carbocycles. The molecule has 0 aromatic carbocycles. The van der Waals surface area contributed by atoms with E-state index in [-0.39, 0.29) is 5.83 Å². The molecular weight excluding hydrogens is 263 g/mol. The average molecular weight is 290 g/mol. The van der Waals surface area contributed by atoms with Crippen molar-refractivity contribution in [3.8, 4) is 0 Å². The van der Waals surface area contributed by atoms with E-state index in [0.29, 0.717) is 6.42 Å². The van der Waals surface area contributed by atoms with Crippen LogP contribution in [0.5, 0.6) is 0 Å². The van der Waals surface area contributed by atoms with E-state index in [1.54, 1.807) is 12.2 Å². The molecule has 21 heavy (non-hydrogen) atoms. The Balaban J connectivity index is 2.67. The summed E-state index contributed by atoms with van der Waals surface area (Å²) in [4.78, 5) is 0. The highest BCUT2D eigenvalue weighted by Crippen LogP contribution is 2.28. The number of allylic oxidation sites excluding steroid dienone is 8. The summed E-state index contributed by atoms with van der Waals surface area (Å²) in [7, 11) is 1.93. The Morgan fingerprint density at radius 2 is 2.05 bits per heavy atom. The molecule has 0 fully saturated rings. The summed E-state index contributed by atoms with van der Waals surface area (Å²) < 4.78 is 13.4. The summed E-state index contributed by atoms with van der Waals surface area (Å²) in [6.45, 7) is 12.0. The molecule has 2 nitrogen and oxygen atoms in total. The molecule has 0 amide bonds. The molecule has 0 saturated heterocycles. The third kappa shape index (κ3) is 6.13. The zero-order valence-corrected chi connectivity index (χ0v) is 13.3. The molecule has 0 spiro atoms. The van der Waals surface area contributed by atoms with Crippen molar-refractivity contribution >= 4 is 0 Å². The number of halogens is 1. The summed E-state index contributed by atoms with van der Waals surface area (Å²) in [6, 6.07) is 0. The van der Waals surface area contributed by atoms with Crippen molar-refractivity contribution in [3.05, 3.63) is 59.6 Å². The fourth-order valence-corrected chi connectivity index (χ4v) is 2.24. The van der Waals surface area contributed by atoms with E-state index in [2.05, 4.69) is 30.7 Å². The molecule has 0 heterocycles. The van der Waals surface area contributed by atoms with Gasteiger partial charge in [-0.15, -0.1) is 0 Å². The van der Waals surface area contributed by atoms with E-state index in [4.69, 9.17) is 0 Å². The Morgan fingerprint density at radius 3 is 2.71 bits per heavy atom. The van der Waals surface area contributed by atoms with Gasteiger partial charge in [0.25, 0.3) is 0 Å². The lowest BCUT2D eigenvalue weighted by atomic mass is 9.94. The van der Waals surface area contributed by atoms with Crippen LogP contribution in [0.15, 0.2) is 59.6 Å². The van der Waals surface area contributed by atoms with Gasteiger partial charge in [-0.3, -0.25) is 0 Å². The highest BCUT2D eigenvalue weighted by molar-refractivity contribution is 5.44. The van der Waals surface area contributed by atoms with Gasteiger partial charge in [-0.25, -0.2) is 4.39 Å². The highest BCUT2D eigenvalue weighted by Gasteiger charge is 2.10. The molecule has 1 aliphatic rings. The van der Waals surface area contributed by atoms with Crippen LogP contribution < -0.4 is 10.6 Å². The lowest BCUT2D eigenvalue weighted by Gasteiger charge is -2.14. The minimum atomic E-state index is -0.169. The van der Waals surface area contributed by atoms with E-state index >= 15 is 0 Å². The van der Waals surface area contributed by atoms with E-state index < -0.39 is 0 Å². The van der Waals surface area contributed by atoms with Crippen LogP contribution in [-0.2, 0) is 0 Å². The molecule has 0 atom stereocenters. The van der Waals surface area contributed by atoms with Gasteiger partial charge in [0.05, 0.1) is 0 Å². The monoisotopic (exact) mass is 290 g/mol. The molecule has 2 N–H and O–H groups in total. The SMILES string of the molecule is C=C(CCC1=C(C(=C)CC)CC=C(F)C=C1)NCCNC. The van der Waals surface area contributed by atoms with Crippen LogP contribution in [0.25, 0.3) is 0 Å². The fraction of sp³-hybridized carbons (Fsp3) is 0.444. The fourth-order valence-electron chi connectivity index (χ4n) is 2.24. The summed E-state index contributed by atoms with van der Waals surface area (Å²) in [6.07, 6.45) is 8.28. The predicted molar refractivity (Wildman–Crippen MR) is 89.7 cm³/mol. The summed E-state index contributed by atoms with van der Waals surface area (Å²) >= 11 is 0. The van der Waals surface area contributed by atoms with Crippen LogP contribution in [0.4, 0.5) is 4.39 Å². The molecule has 0 aliphatic heterocycles. The van der Waals surface area contributed by atoms with Crippen LogP contribution >= 0.6 is 0 Å². The van der Waals surface area contributed by atoms with Gasteiger partial charge in [-0.05, 0) is 56.0 Å². The maximum atomic E-state index is 13.4. The zero-order chi connectivity index (χ0) is 15.7. The van der Waals surface area contributed by atoms with Gasteiger partial charge < -0.3 is 10.6 Å². The van der Waals surface area contributed by atoms with Crippen molar-refractivity contribution in [2.24, 2.45) is 0 Å². The van der Waals surface area contributed by atoms with Crippen molar-refractivity contribution in [2.75, 3.05) is 20.1 Å². The van der Waals surface area contributed by atoms with E-state index in [9.17, 15) is 4.39 Å². The number of hydrogen-bond donors (Lipinski definition) is 2. The first kappa shape index (κ1) is 17.4. The smallest absolute Gasteiger partial charge is 0.119 e. The lowest BCUT2D eigenvalue weighted by molar-refractivity contribution is 0.663. The van der Waals surface area contributed by atoms with Gasteiger partial charge in [-0.2, -0.15) is 0 Å². The molecule has 3 heteroatoms. The first-order valence-corrected chi connectivity index (χ1v) is 7.58. The van der Waals surface area contributed by atoms with Crippen LogP contribution in [-0.4, -0.2) is 20.1 Å². The first-order valence-electron chi connectivity index (χ1n) is 7.58. The third-order valence-corrected chi connectivity index (χ3v) is 3.63. The Hall–Kier alpha value is -1.61. The van der Waals surface area contributed by atoms with E-state index in [1.807, 2.05) is 13.1 Å². The number of rotatable bonds is 9. The maximum Gasteiger partial charge on any atom is 0.119 e. The molecule has 0 unspecified atom stereocenters. The largest absolute Gasteiger partial charge is 0.388 e. The van der Waals surface area contributed by atoms with Gasteiger partial charge >= 0.3 is 0 Å². The molecule has 1 rings (SSSR count). The topological polar surface area (TPSA) is 24.1 Å². The summed E-state index contributed by atoms with van der Waals surface area (Å²) in [5, 5.41) is 6.38. The quantitative estimate of drug-likeness (QED) is 0.623. The molecule has 0 radical (unpaired) electrons. The van der Waals surface area contributed by atoms with Crippen molar-refractivity contribution in [1.82, 2.24) is 10.6 Å². The van der Waals surface area contributed by atoms with Crippen molar-refractivity contribution in [2.45, 2.75) is 32.6 Å². The van der Waals surface area contributed by atoms with Crippen LogP contribution in [0.2, 0.25) is 0 Å². The lowest BCUT2D eigenvalue weighted by Crippen LogP contribution is -2.24. The maximum absolute atomic E-state index is 13.4. The van der Waals surface area contributed by atoms with Crippen molar-refractivity contribution in [1.29, 1.82) is 0 Å².